The van der Waals surface area contributed by atoms with Gasteiger partial charge in [-0.15, -0.1) is 0 Å². The standard InChI is InChI=1S/C7H13NO3/c1-2-5-6(7(9)10)11-4-3-8-5/h5-6,8H,2-4H2,1H3,(H,9,10). The Hall–Kier alpha value is -0.610. The first-order valence-electron chi connectivity index (χ1n) is 3.83. The number of ether oxygens (including phenoxy) is 1. The number of morpholine rings is 1. The number of rotatable bonds is 2. The molecule has 1 heterocycles. The van der Waals surface area contributed by atoms with Gasteiger partial charge in [-0.3, -0.25) is 0 Å². The van der Waals surface area contributed by atoms with Crippen LogP contribution in [0.1, 0.15) is 13.3 Å². The van der Waals surface area contributed by atoms with Gasteiger partial charge in [-0.25, -0.2) is 4.79 Å². The van der Waals surface area contributed by atoms with Crippen LogP contribution in [0.5, 0.6) is 0 Å². The number of nitrogens with one attached hydrogen (secondary N) is 1. The van der Waals surface area contributed by atoms with E-state index in [4.69, 9.17) is 9.84 Å². The lowest BCUT2D eigenvalue weighted by molar-refractivity contribution is -0.155. The van der Waals surface area contributed by atoms with E-state index in [1.54, 1.807) is 0 Å². The molecule has 1 rings (SSSR count). The van der Waals surface area contributed by atoms with Crippen molar-refractivity contribution in [3.05, 3.63) is 0 Å². The van der Waals surface area contributed by atoms with Crippen molar-refractivity contribution < 1.29 is 14.6 Å². The van der Waals surface area contributed by atoms with Gasteiger partial charge in [0.1, 0.15) is 0 Å². The van der Waals surface area contributed by atoms with E-state index in [0.29, 0.717) is 6.61 Å². The quantitative estimate of drug-likeness (QED) is 0.587. The van der Waals surface area contributed by atoms with E-state index < -0.39 is 12.1 Å². The molecule has 2 N–H and O–H groups in total. The number of carboxylic acid groups (broad SMARTS) is 1. The van der Waals surface area contributed by atoms with Crippen molar-refractivity contribution in [3.63, 3.8) is 0 Å². The van der Waals surface area contributed by atoms with Gasteiger partial charge in [-0.05, 0) is 6.42 Å². The van der Waals surface area contributed by atoms with Crippen molar-refractivity contribution >= 4 is 5.97 Å². The molecule has 2 atom stereocenters. The molecule has 0 amide bonds. The monoisotopic (exact) mass is 159 g/mol. The van der Waals surface area contributed by atoms with Gasteiger partial charge in [0.25, 0.3) is 0 Å². The van der Waals surface area contributed by atoms with Crippen LogP contribution in [0, 0.1) is 0 Å². The second-order valence-electron chi connectivity index (χ2n) is 2.60. The van der Waals surface area contributed by atoms with Gasteiger partial charge in [0.15, 0.2) is 6.10 Å². The van der Waals surface area contributed by atoms with Gasteiger partial charge in [0.2, 0.25) is 0 Å². The maximum absolute atomic E-state index is 10.6. The summed E-state index contributed by atoms with van der Waals surface area (Å²) in [6.45, 7) is 3.19. The highest BCUT2D eigenvalue weighted by atomic mass is 16.5. The van der Waals surface area contributed by atoms with E-state index in [-0.39, 0.29) is 6.04 Å². The van der Waals surface area contributed by atoms with E-state index >= 15 is 0 Å². The highest BCUT2D eigenvalue weighted by Gasteiger charge is 2.29. The molecule has 64 valence electrons. The van der Waals surface area contributed by atoms with Gasteiger partial charge in [0, 0.05) is 12.6 Å². The van der Waals surface area contributed by atoms with E-state index in [0.717, 1.165) is 13.0 Å². The summed E-state index contributed by atoms with van der Waals surface area (Å²) in [5.74, 6) is -0.871. The van der Waals surface area contributed by atoms with Crippen LogP contribution >= 0.6 is 0 Å². The highest BCUT2D eigenvalue weighted by Crippen LogP contribution is 2.07. The Morgan fingerprint density at radius 1 is 1.82 bits per heavy atom. The summed E-state index contributed by atoms with van der Waals surface area (Å²) in [4.78, 5) is 10.6. The van der Waals surface area contributed by atoms with Crippen LogP contribution in [0.4, 0.5) is 0 Å². The first-order valence-corrected chi connectivity index (χ1v) is 3.83. The molecule has 0 aromatic carbocycles. The fraction of sp³-hybridized carbons (Fsp3) is 0.857. The predicted molar refractivity (Wildman–Crippen MR) is 39.5 cm³/mol. The molecule has 1 saturated heterocycles. The maximum atomic E-state index is 10.6. The molecule has 0 saturated carbocycles. The summed E-state index contributed by atoms with van der Waals surface area (Å²) >= 11 is 0. The number of hydrogen-bond acceptors (Lipinski definition) is 3. The highest BCUT2D eigenvalue weighted by molar-refractivity contribution is 5.73. The lowest BCUT2D eigenvalue weighted by atomic mass is 10.1. The minimum absolute atomic E-state index is 0.0266. The van der Waals surface area contributed by atoms with Gasteiger partial charge >= 0.3 is 5.97 Å². The summed E-state index contributed by atoms with van der Waals surface area (Å²) in [7, 11) is 0. The summed E-state index contributed by atoms with van der Waals surface area (Å²) in [5, 5.41) is 11.8. The molecule has 0 aliphatic carbocycles. The number of hydrogen-bond donors (Lipinski definition) is 2. The normalized spacial score (nSPS) is 31.7. The first kappa shape index (κ1) is 8.49. The third-order valence-electron chi connectivity index (χ3n) is 1.85. The smallest absolute Gasteiger partial charge is 0.334 e. The van der Waals surface area contributed by atoms with Crippen LogP contribution in [0.2, 0.25) is 0 Å². The zero-order valence-corrected chi connectivity index (χ0v) is 6.54. The molecular weight excluding hydrogens is 146 g/mol. The van der Waals surface area contributed by atoms with Crippen molar-refractivity contribution in [2.45, 2.75) is 25.5 Å². The molecule has 0 aromatic rings. The third kappa shape index (κ3) is 1.91. The molecule has 11 heavy (non-hydrogen) atoms. The average Bonchev–Trinajstić information content (AvgIpc) is 2.04. The van der Waals surface area contributed by atoms with Gasteiger partial charge in [-0.1, -0.05) is 6.92 Å². The Bertz CT molecular complexity index is 149. The second kappa shape index (κ2) is 3.69. The molecule has 0 radical (unpaired) electrons. The Morgan fingerprint density at radius 3 is 3.00 bits per heavy atom. The number of aliphatic carboxylic acids is 1. The molecule has 2 unspecified atom stereocenters. The Morgan fingerprint density at radius 2 is 2.55 bits per heavy atom. The summed E-state index contributed by atoms with van der Waals surface area (Å²) in [6, 6.07) is -0.0266. The zero-order chi connectivity index (χ0) is 8.27. The van der Waals surface area contributed by atoms with Crippen molar-refractivity contribution in [3.8, 4) is 0 Å². The fourth-order valence-electron chi connectivity index (χ4n) is 1.26. The van der Waals surface area contributed by atoms with Crippen molar-refractivity contribution in [1.29, 1.82) is 0 Å². The Balaban J connectivity index is 2.51. The van der Waals surface area contributed by atoms with Crippen LogP contribution < -0.4 is 5.32 Å². The lowest BCUT2D eigenvalue weighted by Crippen LogP contribution is -2.51. The minimum Gasteiger partial charge on any atom is -0.479 e. The van der Waals surface area contributed by atoms with Gasteiger partial charge in [-0.2, -0.15) is 0 Å². The molecule has 1 aliphatic rings. The predicted octanol–water partition coefficient (Wildman–Crippen LogP) is -0.162. The fourth-order valence-corrected chi connectivity index (χ4v) is 1.26. The summed E-state index contributed by atoms with van der Waals surface area (Å²) in [6.07, 6.45) is 0.130. The van der Waals surface area contributed by atoms with Crippen LogP contribution in [0.3, 0.4) is 0 Å². The first-order chi connectivity index (χ1) is 5.25. The molecule has 1 aliphatic heterocycles. The van der Waals surface area contributed by atoms with Crippen LogP contribution in [-0.4, -0.2) is 36.4 Å². The molecule has 0 bridgehead atoms. The van der Waals surface area contributed by atoms with Crippen molar-refractivity contribution in [1.82, 2.24) is 5.32 Å². The molecule has 0 spiro atoms. The van der Waals surface area contributed by atoms with Gasteiger partial charge in [0.05, 0.1) is 6.61 Å². The van der Waals surface area contributed by atoms with Gasteiger partial charge < -0.3 is 15.2 Å². The molecule has 1 fully saturated rings. The lowest BCUT2D eigenvalue weighted by Gasteiger charge is -2.28. The van der Waals surface area contributed by atoms with Crippen LogP contribution in [0.25, 0.3) is 0 Å². The van der Waals surface area contributed by atoms with E-state index in [9.17, 15) is 4.79 Å². The SMILES string of the molecule is CCC1NCCOC1C(=O)O. The summed E-state index contributed by atoms with van der Waals surface area (Å²) < 4.78 is 5.08. The zero-order valence-electron chi connectivity index (χ0n) is 6.54. The third-order valence-corrected chi connectivity index (χ3v) is 1.85. The summed E-state index contributed by atoms with van der Waals surface area (Å²) in [5.41, 5.74) is 0. The van der Waals surface area contributed by atoms with Crippen molar-refractivity contribution in [2.75, 3.05) is 13.2 Å². The molecule has 4 nitrogen and oxygen atoms in total. The average molecular weight is 159 g/mol. The van der Waals surface area contributed by atoms with Crippen LogP contribution in [0.15, 0.2) is 0 Å². The van der Waals surface area contributed by atoms with Crippen LogP contribution in [-0.2, 0) is 9.53 Å². The molecule has 0 aromatic heterocycles. The Labute approximate surface area is 65.5 Å². The number of carboxylic acids is 1. The number of carbonyl (C=O) groups is 1. The topological polar surface area (TPSA) is 58.6 Å². The molecular formula is C7H13NO3. The minimum atomic E-state index is -0.871. The van der Waals surface area contributed by atoms with Crippen molar-refractivity contribution in [2.24, 2.45) is 0 Å². The van der Waals surface area contributed by atoms with E-state index in [2.05, 4.69) is 5.32 Å². The second-order valence-corrected chi connectivity index (χ2v) is 2.60. The van der Waals surface area contributed by atoms with E-state index in [1.807, 2.05) is 6.92 Å². The Kier molecular flexibility index (Phi) is 2.84. The largest absolute Gasteiger partial charge is 0.479 e. The molecule has 4 heteroatoms. The van der Waals surface area contributed by atoms with E-state index in [1.165, 1.54) is 0 Å². The maximum Gasteiger partial charge on any atom is 0.334 e.